The number of nitrogens with zero attached hydrogens (tertiary/aromatic N) is 2. The van der Waals surface area contributed by atoms with Crippen LogP contribution in [0.5, 0.6) is 5.75 Å². The minimum absolute atomic E-state index is 0.0392. The highest BCUT2D eigenvalue weighted by atomic mass is 79.9. The number of aliphatic hydroxyl groups is 1. The summed E-state index contributed by atoms with van der Waals surface area (Å²) in [5.41, 5.74) is 6.89. The van der Waals surface area contributed by atoms with E-state index in [4.69, 9.17) is 4.74 Å². The number of benzene rings is 2. The molecule has 1 saturated heterocycles. The molecular formula is C27H29BrN2O3. The third-order valence-electron chi connectivity index (χ3n) is 6.45. The Bertz CT molecular complexity index is 1180. The van der Waals surface area contributed by atoms with Gasteiger partial charge in [-0.3, -0.25) is 14.7 Å². The Kier molecular flexibility index (Phi) is 7.27. The van der Waals surface area contributed by atoms with Crippen LogP contribution in [0.15, 0.2) is 53.1 Å². The molecule has 0 bridgehead atoms. The van der Waals surface area contributed by atoms with Crippen molar-refractivity contribution < 1.29 is 14.6 Å². The van der Waals surface area contributed by atoms with Crippen molar-refractivity contribution in [3.63, 3.8) is 0 Å². The van der Waals surface area contributed by atoms with Crippen molar-refractivity contribution in [2.24, 2.45) is 0 Å². The second-order valence-electron chi connectivity index (χ2n) is 8.66. The minimum Gasteiger partial charge on any atom is -0.496 e. The van der Waals surface area contributed by atoms with Crippen LogP contribution < -0.4 is 4.74 Å². The fraction of sp³-hybridized carbons (Fsp3) is 0.333. The SMILES string of the molecule is COc1cc(C(=O)Cc2cccc(-c3cccc(Br)c3C)c2C)ncc1CN1CC[C@@H](O)C1. The van der Waals surface area contributed by atoms with Crippen LogP contribution in [-0.2, 0) is 13.0 Å². The Labute approximate surface area is 203 Å². The molecule has 3 aromatic rings. The number of ether oxygens (including phenoxy) is 1. The first-order chi connectivity index (χ1) is 15.9. The van der Waals surface area contributed by atoms with E-state index in [1.54, 1.807) is 19.4 Å². The summed E-state index contributed by atoms with van der Waals surface area (Å²) in [5, 5.41) is 9.77. The molecule has 0 amide bonds. The predicted molar refractivity (Wildman–Crippen MR) is 134 cm³/mol. The van der Waals surface area contributed by atoms with E-state index in [-0.39, 0.29) is 18.3 Å². The first-order valence-electron chi connectivity index (χ1n) is 11.2. The number of β-amino-alcohol motifs (C(OH)–C–C–N with tert-alkyl or cyclic N) is 1. The maximum Gasteiger partial charge on any atom is 0.185 e. The fourth-order valence-corrected chi connectivity index (χ4v) is 4.82. The van der Waals surface area contributed by atoms with Gasteiger partial charge in [0.15, 0.2) is 5.78 Å². The number of likely N-dealkylation sites (tertiary alicyclic amines) is 1. The number of hydrogen-bond acceptors (Lipinski definition) is 5. The molecule has 172 valence electrons. The van der Waals surface area contributed by atoms with E-state index in [1.165, 1.54) is 5.56 Å². The topological polar surface area (TPSA) is 62.7 Å². The molecule has 0 unspecified atom stereocenters. The van der Waals surface area contributed by atoms with Crippen molar-refractivity contribution in [3.05, 3.63) is 81.1 Å². The second-order valence-corrected chi connectivity index (χ2v) is 9.52. The zero-order valence-corrected chi connectivity index (χ0v) is 20.9. The van der Waals surface area contributed by atoms with E-state index in [0.29, 0.717) is 24.5 Å². The average molecular weight is 509 g/mol. The summed E-state index contributed by atoms with van der Waals surface area (Å²) in [4.78, 5) is 19.8. The molecule has 1 atom stereocenters. The van der Waals surface area contributed by atoms with Gasteiger partial charge in [-0.05, 0) is 54.2 Å². The highest BCUT2D eigenvalue weighted by Crippen LogP contribution is 2.32. The second kappa shape index (κ2) is 10.2. The lowest BCUT2D eigenvalue weighted by Crippen LogP contribution is -2.22. The summed E-state index contributed by atoms with van der Waals surface area (Å²) < 4.78 is 6.63. The van der Waals surface area contributed by atoms with Crippen LogP contribution >= 0.6 is 15.9 Å². The minimum atomic E-state index is -0.274. The molecule has 0 aliphatic carbocycles. The number of carbonyl (C=O) groups excluding carboxylic acids is 1. The maximum atomic E-state index is 13.1. The molecule has 0 saturated carbocycles. The van der Waals surface area contributed by atoms with E-state index in [2.05, 4.69) is 51.8 Å². The smallest absolute Gasteiger partial charge is 0.185 e. The van der Waals surface area contributed by atoms with Crippen molar-refractivity contribution in [1.82, 2.24) is 9.88 Å². The van der Waals surface area contributed by atoms with Crippen LogP contribution in [0.4, 0.5) is 0 Å². The largest absolute Gasteiger partial charge is 0.496 e. The molecule has 33 heavy (non-hydrogen) atoms. The monoisotopic (exact) mass is 508 g/mol. The van der Waals surface area contributed by atoms with Crippen molar-refractivity contribution in [1.29, 1.82) is 0 Å². The number of methoxy groups -OCH3 is 1. The zero-order valence-electron chi connectivity index (χ0n) is 19.3. The summed E-state index contributed by atoms with van der Waals surface area (Å²) in [5.74, 6) is 0.618. The van der Waals surface area contributed by atoms with Crippen LogP contribution in [-0.4, -0.2) is 47.1 Å². The Morgan fingerprint density at radius 2 is 1.88 bits per heavy atom. The van der Waals surface area contributed by atoms with Gasteiger partial charge in [0.05, 0.1) is 13.2 Å². The number of halogens is 1. The van der Waals surface area contributed by atoms with Gasteiger partial charge < -0.3 is 9.84 Å². The fourth-order valence-electron chi connectivity index (χ4n) is 4.45. The van der Waals surface area contributed by atoms with Gasteiger partial charge in [-0.1, -0.05) is 46.3 Å². The molecule has 1 fully saturated rings. The lowest BCUT2D eigenvalue weighted by atomic mass is 9.91. The zero-order chi connectivity index (χ0) is 23.5. The number of aliphatic hydroxyl groups excluding tert-OH is 1. The van der Waals surface area contributed by atoms with Crippen molar-refractivity contribution in [3.8, 4) is 16.9 Å². The highest BCUT2D eigenvalue weighted by molar-refractivity contribution is 9.10. The lowest BCUT2D eigenvalue weighted by molar-refractivity contribution is 0.0987. The standard InChI is InChI=1S/C27H29BrN2O3/c1-17-19(6-4-7-22(17)23-8-5-9-24(28)18(23)2)12-26(32)25-13-27(33-3)20(14-29-25)15-30-11-10-21(31)16-30/h4-9,13-14,21,31H,10-12,15-16H2,1-3H3/t21-/m1/s1. The first kappa shape index (κ1) is 23.6. The molecule has 6 heteroatoms. The first-order valence-corrected chi connectivity index (χ1v) is 12.0. The molecule has 0 spiro atoms. The van der Waals surface area contributed by atoms with E-state index in [0.717, 1.165) is 45.3 Å². The van der Waals surface area contributed by atoms with Crippen LogP contribution in [0, 0.1) is 13.8 Å². The molecule has 0 radical (unpaired) electrons. The molecule has 1 aliphatic rings. The molecular weight excluding hydrogens is 480 g/mol. The Morgan fingerprint density at radius 3 is 2.58 bits per heavy atom. The van der Waals surface area contributed by atoms with E-state index in [9.17, 15) is 9.90 Å². The molecule has 4 rings (SSSR count). The maximum absolute atomic E-state index is 13.1. The molecule has 2 aromatic carbocycles. The van der Waals surface area contributed by atoms with Gasteiger partial charge in [-0.2, -0.15) is 0 Å². The number of hydrogen-bond donors (Lipinski definition) is 1. The van der Waals surface area contributed by atoms with Gasteiger partial charge in [-0.25, -0.2) is 0 Å². The normalized spacial score (nSPS) is 16.2. The van der Waals surface area contributed by atoms with Crippen molar-refractivity contribution in [2.75, 3.05) is 20.2 Å². The van der Waals surface area contributed by atoms with Crippen LogP contribution in [0.2, 0.25) is 0 Å². The third-order valence-corrected chi connectivity index (χ3v) is 7.30. The van der Waals surface area contributed by atoms with E-state index < -0.39 is 0 Å². The molecule has 2 heterocycles. The van der Waals surface area contributed by atoms with Gasteiger partial charge in [0.1, 0.15) is 11.4 Å². The highest BCUT2D eigenvalue weighted by Gasteiger charge is 2.22. The van der Waals surface area contributed by atoms with Gasteiger partial charge >= 0.3 is 0 Å². The summed E-state index contributed by atoms with van der Waals surface area (Å²) >= 11 is 3.62. The molecule has 1 aromatic heterocycles. The molecule has 1 N–H and O–H groups in total. The number of Topliss-reactive ketones (excluding diaryl/α,β-unsaturated/α-hetero) is 1. The Hall–Kier alpha value is -2.54. The van der Waals surface area contributed by atoms with Gasteiger partial charge in [0.2, 0.25) is 0 Å². The molecule has 1 aliphatic heterocycles. The van der Waals surface area contributed by atoms with E-state index in [1.807, 2.05) is 24.3 Å². The quantitative estimate of drug-likeness (QED) is 0.448. The lowest BCUT2D eigenvalue weighted by Gasteiger charge is -2.17. The van der Waals surface area contributed by atoms with Gasteiger partial charge in [-0.15, -0.1) is 0 Å². The van der Waals surface area contributed by atoms with Crippen molar-refractivity contribution >= 4 is 21.7 Å². The van der Waals surface area contributed by atoms with Crippen LogP contribution in [0.1, 0.15) is 39.2 Å². The number of rotatable bonds is 7. The summed E-state index contributed by atoms with van der Waals surface area (Å²) in [6, 6.07) is 14.0. The number of carbonyl (C=O) groups is 1. The van der Waals surface area contributed by atoms with Gasteiger partial charge in [0, 0.05) is 48.4 Å². The van der Waals surface area contributed by atoms with E-state index >= 15 is 0 Å². The summed E-state index contributed by atoms with van der Waals surface area (Å²) in [6.45, 7) is 6.31. The third kappa shape index (κ3) is 5.18. The van der Waals surface area contributed by atoms with Crippen LogP contribution in [0.3, 0.4) is 0 Å². The van der Waals surface area contributed by atoms with Gasteiger partial charge in [0.25, 0.3) is 0 Å². The number of ketones is 1. The number of aromatic nitrogens is 1. The van der Waals surface area contributed by atoms with Crippen LogP contribution in [0.25, 0.3) is 11.1 Å². The number of pyridine rings is 1. The summed E-state index contributed by atoms with van der Waals surface area (Å²) in [6.07, 6.45) is 2.51. The Balaban J connectivity index is 1.55. The Morgan fingerprint density at radius 1 is 1.15 bits per heavy atom. The van der Waals surface area contributed by atoms with Crippen molar-refractivity contribution in [2.45, 2.75) is 39.3 Å². The molecule has 5 nitrogen and oxygen atoms in total. The summed E-state index contributed by atoms with van der Waals surface area (Å²) in [7, 11) is 1.61. The predicted octanol–water partition coefficient (Wildman–Crippen LogP) is 5.13. The average Bonchev–Trinajstić information content (AvgIpc) is 3.22.